The smallest absolute Gasteiger partial charge is 0.306 e. The fourth-order valence-electron chi connectivity index (χ4n) is 3.54. The lowest BCUT2D eigenvalue weighted by Gasteiger charge is -2.33. The zero-order valence-electron chi connectivity index (χ0n) is 15.3. The van der Waals surface area contributed by atoms with E-state index in [0.29, 0.717) is 26.1 Å². The Morgan fingerprint density at radius 1 is 1.07 bits per heavy atom. The molecule has 27 heavy (non-hydrogen) atoms. The maximum absolute atomic E-state index is 12.9. The molecule has 5 heteroatoms. The summed E-state index contributed by atoms with van der Waals surface area (Å²) < 4.78 is 5.48. The highest BCUT2D eigenvalue weighted by atomic mass is 16.5. The van der Waals surface area contributed by atoms with Gasteiger partial charge in [-0.25, -0.2) is 0 Å². The zero-order chi connectivity index (χ0) is 19.1. The highest BCUT2D eigenvalue weighted by Gasteiger charge is 2.27. The van der Waals surface area contributed by atoms with Gasteiger partial charge in [0.05, 0.1) is 19.1 Å². The second-order valence-electron chi connectivity index (χ2n) is 6.93. The predicted molar refractivity (Wildman–Crippen MR) is 103 cm³/mol. The summed E-state index contributed by atoms with van der Waals surface area (Å²) in [7, 11) is 0. The van der Waals surface area contributed by atoms with Crippen molar-refractivity contribution in [3.05, 3.63) is 71.8 Å². The molecule has 1 heterocycles. The van der Waals surface area contributed by atoms with Gasteiger partial charge in [0.25, 0.3) is 0 Å². The van der Waals surface area contributed by atoms with E-state index in [1.165, 1.54) is 5.56 Å². The summed E-state index contributed by atoms with van der Waals surface area (Å²) in [5.41, 5.74) is 2.34. The van der Waals surface area contributed by atoms with E-state index in [9.17, 15) is 9.59 Å². The minimum atomic E-state index is -0.902. The number of carboxylic acids is 1. The summed E-state index contributed by atoms with van der Waals surface area (Å²) in [6, 6.07) is 20.3. The number of hydrogen-bond acceptors (Lipinski definition) is 3. The molecule has 2 aromatic carbocycles. The van der Waals surface area contributed by atoms with Crippen molar-refractivity contribution in [1.29, 1.82) is 0 Å². The Morgan fingerprint density at radius 3 is 2.41 bits per heavy atom. The van der Waals surface area contributed by atoms with Gasteiger partial charge in [-0.2, -0.15) is 0 Å². The lowest BCUT2D eigenvalue weighted by Crippen LogP contribution is -2.46. The minimum Gasteiger partial charge on any atom is -0.481 e. The third-order valence-corrected chi connectivity index (χ3v) is 4.91. The van der Waals surface area contributed by atoms with Crippen LogP contribution >= 0.6 is 0 Å². The van der Waals surface area contributed by atoms with E-state index in [4.69, 9.17) is 9.84 Å². The van der Waals surface area contributed by atoms with E-state index in [0.717, 1.165) is 12.0 Å². The van der Waals surface area contributed by atoms with Crippen LogP contribution < -0.4 is 0 Å². The van der Waals surface area contributed by atoms with Gasteiger partial charge in [-0.3, -0.25) is 9.59 Å². The van der Waals surface area contributed by atoms with Crippen LogP contribution in [0.2, 0.25) is 0 Å². The van der Waals surface area contributed by atoms with Crippen LogP contribution in [-0.2, 0) is 20.7 Å². The molecule has 1 N–H and O–H groups in total. The van der Waals surface area contributed by atoms with Gasteiger partial charge < -0.3 is 14.7 Å². The second-order valence-corrected chi connectivity index (χ2v) is 6.93. The van der Waals surface area contributed by atoms with Crippen LogP contribution in [0.25, 0.3) is 0 Å². The van der Waals surface area contributed by atoms with Crippen LogP contribution in [0.3, 0.4) is 0 Å². The Labute approximate surface area is 159 Å². The average Bonchev–Trinajstić information content (AvgIpc) is 2.68. The number of morpholine rings is 1. The number of benzene rings is 2. The van der Waals surface area contributed by atoms with E-state index in [2.05, 4.69) is 24.3 Å². The van der Waals surface area contributed by atoms with Crippen molar-refractivity contribution < 1.29 is 19.4 Å². The predicted octanol–water partition coefficient (Wildman–Crippen LogP) is 3.11. The maximum atomic E-state index is 12.9. The van der Waals surface area contributed by atoms with Gasteiger partial charge in [-0.1, -0.05) is 60.7 Å². The number of ether oxygens (including phenoxy) is 1. The van der Waals surface area contributed by atoms with E-state index in [-0.39, 0.29) is 18.2 Å². The molecule has 142 valence electrons. The number of carboxylic acid groups (broad SMARTS) is 1. The van der Waals surface area contributed by atoms with Gasteiger partial charge in [0, 0.05) is 19.5 Å². The summed E-state index contributed by atoms with van der Waals surface area (Å²) in [5, 5.41) is 8.97. The summed E-state index contributed by atoms with van der Waals surface area (Å²) in [5.74, 6) is -0.763. The van der Waals surface area contributed by atoms with Crippen molar-refractivity contribution in [3.63, 3.8) is 0 Å². The van der Waals surface area contributed by atoms with Crippen molar-refractivity contribution >= 4 is 11.9 Å². The molecular formula is C22H25NO4. The fourth-order valence-corrected chi connectivity index (χ4v) is 3.54. The third-order valence-electron chi connectivity index (χ3n) is 4.91. The fraction of sp³-hybridized carbons (Fsp3) is 0.364. The first kappa shape index (κ1) is 19.1. The van der Waals surface area contributed by atoms with Crippen molar-refractivity contribution in [1.82, 2.24) is 4.90 Å². The molecular weight excluding hydrogens is 342 g/mol. The molecule has 2 atom stereocenters. The van der Waals surface area contributed by atoms with Gasteiger partial charge in [0.15, 0.2) is 0 Å². The Balaban J connectivity index is 1.69. The molecule has 3 rings (SSSR count). The number of aliphatic carboxylic acids is 1. The Morgan fingerprint density at radius 2 is 1.74 bits per heavy atom. The first-order valence-corrected chi connectivity index (χ1v) is 9.32. The molecule has 0 unspecified atom stereocenters. The quantitative estimate of drug-likeness (QED) is 0.817. The van der Waals surface area contributed by atoms with E-state index >= 15 is 0 Å². The number of carbonyl (C=O) groups excluding carboxylic acids is 1. The topological polar surface area (TPSA) is 66.8 Å². The second kappa shape index (κ2) is 9.33. The van der Waals surface area contributed by atoms with Crippen molar-refractivity contribution in [2.45, 2.75) is 31.3 Å². The lowest BCUT2D eigenvalue weighted by molar-refractivity contribution is -0.147. The number of rotatable bonds is 7. The monoisotopic (exact) mass is 367 g/mol. The molecule has 1 fully saturated rings. The van der Waals surface area contributed by atoms with Crippen LogP contribution in [0.15, 0.2) is 60.7 Å². The SMILES string of the molecule is O=C(O)C[C@H]1CN(C(=O)C[C@@H](Cc2ccccc2)c2ccccc2)CCO1. The number of amides is 1. The Kier molecular flexibility index (Phi) is 6.60. The lowest BCUT2D eigenvalue weighted by atomic mass is 9.88. The van der Waals surface area contributed by atoms with Crippen LogP contribution in [0, 0.1) is 0 Å². The molecule has 1 amide bonds. The van der Waals surface area contributed by atoms with Crippen molar-refractivity contribution in [3.8, 4) is 0 Å². The van der Waals surface area contributed by atoms with Gasteiger partial charge in [-0.05, 0) is 23.5 Å². The van der Waals surface area contributed by atoms with Crippen LogP contribution in [0.5, 0.6) is 0 Å². The Hall–Kier alpha value is -2.66. The molecule has 0 saturated carbocycles. The number of hydrogen-bond donors (Lipinski definition) is 1. The van der Waals surface area contributed by atoms with Crippen LogP contribution in [0.1, 0.15) is 29.9 Å². The highest BCUT2D eigenvalue weighted by molar-refractivity contribution is 5.77. The molecule has 1 aliphatic heterocycles. The summed E-state index contributed by atoms with van der Waals surface area (Å²) in [6.45, 7) is 1.25. The van der Waals surface area contributed by atoms with Crippen molar-refractivity contribution in [2.75, 3.05) is 19.7 Å². The minimum absolute atomic E-state index is 0.0541. The Bertz CT molecular complexity index is 747. The van der Waals surface area contributed by atoms with Gasteiger partial charge >= 0.3 is 5.97 Å². The normalized spacial score (nSPS) is 18.1. The summed E-state index contributed by atoms with van der Waals surface area (Å²) in [6.07, 6.45) is 0.693. The van der Waals surface area contributed by atoms with Gasteiger partial charge in [0.2, 0.25) is 5.91 Å². The average molecular weight is 367 g/mol. The molecule has 0 aliphatic carbocycles. The van der Waals surface area contributed by atoms with E-state index in [1.807, 2.05) is 36.4 Å². The summed E-state index contributed by atoms with van der Waals surface area (Å²) >= 11 is 0. The first-order valence-electron chi connectivity index (χ1n) is 9.32. The molecule has 0 spiro atoms. The van der Waals surface area contributed by atoms with Crippen molar-refractivity contribution in [2.24, 2.45) is 0 Å². The maximum Gasteiger partial charge on any atom is 0.306 e. The molecule has 2 aromatic rings. The molecule has 1 saturated heterocycles. The molecule has 0 aromatic heterocycles. The highest BCUT2D eigenvalue weighted by Crippen LogP contribution is 2.26. The van der Waals surface area contributed by atoms with E-state index in [1.54, 1.807) is 4.90 Å². The van der Waals surface area contributed by atoms with Gasteiger partial charge in [-0.15, -0.1) is 0 Å². The molecule has 1 aliphatic rings. The third kappa shape index (κ3) is 5.66. The summed E-state index contributed by atoms with van der Waals surface area (Å²) in [4.78, 5) is 25.6. The van der Waals surface area contributed by atoms with Gasteiger partial charge in [0.1, 0.15) is 0 Å². The molecule has 0 bridgehead atoms. The number of carbonyl (C=O) groups is 2. The number of nitrogens with zero attached hydrogens (tertiary/aromatic N) is 1. The van der Waals surface area contributed by atoms with Crippen LogP contribution in [0.4, 0.5) is 0 Å². The first-order chi connectivity index (χ1) is 13.1. The molecule has 0 radical (unpaired) electrons. The standard InChI is InChI=1S/C22H25NO4/c24-21(23-11-12-27-20(16-23)15-22(25)26)14-19(18-9-5-2-6-10-18)13-17-7-3-1-4-8-17/h1-10,19-20H,11-16H2,(H,25,26)/t19-,20+/m1/s1. The zero-order valence-corrected chi connectivity index (χ0v) is 15.3. The van der Waals surface area contributed by atoms with Crippen LogP contribution in [-0.4, -0.2) is 47.7 Å². The molecule has 5 nitrogen and oxygen atoms in total. The van der Waals surface area contributed by atoms with E-state index < -0.39 is 12.1 Å². The largest absolute Gasteiger partial charge is 0.481 e.